The zero-order chi connectivity index (χ0) is 10.8. The van der Waals surface area contributed by atoms with Gasteiger partial charge in [-0.2, -0.15) is 0 Å². The van der Waals surface area contributed by atoms with Crippen LogP contribution in [0.3, 0.4) is 0 Å². The van der Waals surface area contributed by atoms with Gasteiger partial charge in [0, 0.05) is 19.3 Å². The van der Waals surface area contributed by atoms with Crippen LogP contribution in [-0.2, 0) is 14.4 Å². The molecule has 3 nitrogen and oxygen atoms in total. The lowest BCUT2D eigenvalue weighted by atomic mass is 9.76. The Kier molecular flexibility index (Phi) is 3.19. The van der Waals surface area contributed by atoms with Crippen molar-refractivity contribution in [3.63, 3.8) is 0 Å². The summed E-state index contributed by atoms with van der Waals surface area (Å²) in [5, 5.41) is 0. The Morgan fingerprint density at radius 1 is 1.29 bits per heavy atom. The van der Waals surface area contributed by atoms with Gasteiger partial charge in [0.1, 0.15) is 17.3 Å². The van der Waals surface area contributed by atoms with Gasteiger partial charge in [0.2, 0.25) is 0 Å². The molecule has 3 heteroatoms. The third-order valence-corrected chi connectivity index (χ3v) is 2.87. The maximum absolute atomic E-state index is 11.7. The van der Waals surface area contributed by atoms with E-state index in [4.69, 9.17) is 0 Å². The van der Waals surface area contributed by atoms with Crippen molar-refractivity contribution < 1.29 is 14.4 Å². The Morgan fingerprint density at radius 2 is 1.79 bits per heavy atom. The fraction of sp³-hybridized carbons (Fsp3) is 0.727. The number of ketones is 3. The predicted octanol–water partition coefficient (Wildman–Crippen LogP) is 1.68. The van der Waals surface area contributed by atoms with E-state index in [2.05, 4.69) is 0 Å². The van der Waals surface area contributed by atoms with Crippen molar-refractivity contribution in [1.82, 2.24) is 0 Å². The Morgan fingerprint density at radius 3 is 2.14 bits per heavy atom. The zero-order valence-corrected chi connectivity index (χ0v) is 8.76. The summed E-state index contributed by atoms with van der Waals surface area (Å²) in [6.07, 6.45) is 2.06. The van der Waals surface area contributed by atoms with Crippen LogP contribution in [0.2, 0.25) is 0 Å². The van der Waals surface area contributed by atoms with Gasteiger partial charge in [0.05, 0.1) is 5.41 Å². The molecule has 0 unspecified atom stereocenters. The van der Waals surface area contributed by atoms with Gasteiger partial charge < -0.3 is 0 Å². The zero-order valence-electron chi connectivity index (χ0n) is 8.76. The van der Waals surface area contributed by atoms with Crippen LogP contribution in [0.1, 0.15) is 46.0 Å². The first-order valence-electron chi connectivity index (χ1n) is 5.09. The molecule has 1 fully saturated rings. The van der Waals surface area contributed by atoms with Gasteiger partial charge in [0.25, 0.3) is 0 Å². The molecule has 1 aliphatic carbocycles. The fourth-order valence-electron chi connectivity index (χ4n) is 2.28. The minimum Gasteiger partial charge on any atom is -0.300 e. The number of carbonyl (C=O) groups excluding carboxylic acids is 3. The van der Waals surface area contributed by atoms with E-state index in [9.17, 15) is 14.4 Å². The van der Waals surface area contributed by atoms with Gasteiger partial charge in [-0.1, -0.05) is 13.3 Å². The second-order valence-electron chi connectivity index (χ2n) is 4.06. The topological polar surface area (TPSA) is 51.2 Å². The Labute approximate surface area is 83.9 Å². The van der Waals surface area contributed by atoms with Gasteiger partial charge in [-0.15, -0.1) is 0 Å². The van der Waals surface area contributed by atoms with E-state index in [0.29, 0.717) is 19.3 Å². The van der Waals surface area contributed by atoms with Crippen molar-refractivity contribution in [3.05, 3.63) is 0 Å². The molecule has 1 aliphatic rings. The molecule has 0 aromatic rings. The number of hydrogen-bond acceptors (Lipinski definition) is 3. The highest BCUT2D eigenvalue weighted by molar-refractivity contribution is 6.14. The average molecular weight is 196 g/mol. The fourth-order valence-corrected chi connectivity index (χ4v) is 2.28. The van der Waals surface area contributed by atoms with E-state index in [-0.39, 0.29) is 23.8 Å². The maximum atomic E-state index is 11.7. The Hall–Kier alpha value is -0.990. The van der Waals surface area contributed by atoms with Crippen molar-refractivity contribution in [1.29, 1.82) is 0 Å². The first-order valence-corrected chi connectivity index (χ1v) is 5.09. The SMILES string of the molecule is CCCC1(CC(C)=O)C(=O)CCC1=O. The van der Waals surface area contributed by atoms with E-state index >= 15 is 0 Å². The third kappa shape index (κ3) is 1.76. The second-order valence-corrected chi connectivity index (χ2v) is 4.06. The minimum atomic E-state index is -0.944. The van der Waals surface area contributed by atoms with Crippen LogP contribution in [0.5, 0.6) is 0 Å². The molecule has 1 rings (SSSR count). The highest BCUT2D eigenvalue weighted by Crippen LogP contribution is 2.39. The van der Waals surface area contributed by atoms with E-state index in [1.165, 1.54) is 6.92 Å². The first kappa shape index (κ1) is 11.1. The minimum absolute atomic E-state index is 0.0282. The summed E-state index contributed by atoms with van der Waals surface area (Å²) in [4.78, 5) is 34.4. The molecule has 78 valence electrons. The smallest absolute Gasteiger partial charge is 0.147 e. The molecular weight excluding hydrogens is 180 g/mol. The summed E-state index contributed by atoms with van der Waals surface area (Å²) in [5.74, 6) is -0.124. The second kappa shape index (κ2) is 4.03. The lowest BCUT2D eigenvalue weighted by Crippen LogP contribution is -2.34. The standard InChI is InChI=1S/C11H16O3/c1-3-6-11(7-8(2)12)9(13)4-5-10(11)14/h3-7H2,1-2H3. The highest BCUT2D eigenvalue weighted by atomic mass is 16.2. The molecule has 0 heterocycles. The van der Waals surface area contributed by atoms with Crippen molar-refractivity contribution >= 4 is 17.3 Å². The average Bonchev–Trinajstić information content (AvgIpc) is 2.33. The number of rotatable bonds is 4. The van der Waals surface area contributed by atoms with Crippen LogP contribution in [0, 0.1) is 5.41 Å². The molecule has 0 atom stereocenters. The monoisotopic (exact) mass is 196 g/mol. The molecule has 0 aliphatic heterocycles. The number of Topliss-reactive ketones (excluding diaryl/α,β-unsaturated/α-hetero) is 3. The summed E-state index contributed by atoms with van der Waals surface area (Å²) in [6.45, 7) is 3.37. The first-order chi connectivity index (χ1) is 6.53. The van der Waals surface area contributed by atoms with Crippen LogP contribution in [0.4, 0.5) is 0 Å². The van der Waals surface area contributed by atoms with Crippen LogP contribution >= 0.6 is 0 Å². The largest absolute Gasteiger partial charge is 0.300 e. The van der Waals surface area contributed by atoms with Gasteiger partial charge in [-0.25, -0.2) is 0 Å². The molecular formula is C11H16O3. The highest BCUT2D eigenvalue weighted by Gasteiger charge is 2.48. The van der Waals surface area contributed by atoms with Gasteiger partial charge in [0.15, 0.2) is 0 Å². The molecule has 0 aromatic heterocycles. The molecule has 1 saturated carbocycles. The van der Waals surface area contributed by atoms with E-state index < -0.39 is 5.41 Å². The van der Waals surface area contributed by atoms with Crippen LogP contribution in [-0.4, -0.2) is 17.3 Å². The lowest BCUT2D eigenvalue weighted by molar-refractivity contribution is -0.139. The molecule has 14 heavy (non-hydrogen) atoms. The third-order valence-electron chi connectivity index (χ3n) is 2.87. The Bertz CT molecular complexity index is 262. The van der Waals surface area contributed by atoms with Crippen molar-refractivity contribution in [3.8, 4) is 0 Å². The van der Waals surface area contributed by atoms with Crippen molar-refractivity contribution in [2.24, 2.45) is 5.41 Å². The van der Waals surface area contributed by atoms with Crippen molar-refractivity contribution in [2.45, 2.75) is 46.0 Å². The van der Waals surface area contributed by atoms with E-state index in [0.717, 1.165) is 6.42 Å². The molecule has 0 aromatic carbocycles. The van der Waals surface area contributed by atoms with Crippen LogP contribution < -0.4 is 0 Å². The molecule has 0 N–H and O–H groups in total. The molecule has 0 radical (unpaired) electrons. The predicted molar refractivity (Wildman–Crippen MR) is 51.9 cm³/mol. The van der Waals surface area contributed by atoms with E-state index in [1.54, 1.807) is 0 Å². The summed E-state index contributed by atoms with van der Waals surface area (Å²) in [5.41, 5.74) is -0.944. The number of hydrogen-bond donors (Lipinski definition) is 0. The quantitative estimate of drug-likeness (QED) is 0.643. The van der Waals surface area contributed by atoms with Crippen LogP contribution in [0.15, 0.2) is 0 Å². The summed E-state index contributed by atoms with van der Waals surface area (Å²) >= 11 is 0. The van der Waals surface area contributed by atoms with Gasteiger partial charge in [-0.3, -0.25) is 14.4 Å². The lowest BCUT2D eigenvalue weighted by Gasteiger charge is -2.23. The van der Waals surface area contributed by atoms with Crippen LogP contribution in [0.25, 0.3) is 0 Å². The van der Waals surface area contributed by atoms with Crippen molar-refractivity contribution in [2.75, 3.05) is 0 Å². The summed E-state index contributed by atoms with van der Waals surface area (Å²) < 4.78 is 0. The van der Waals surface area contributed by atoms with Gasteiger partial charge >= 0.3 is 0 Å². The van der Waals surface area contributed by atoms with Gasteiger partial charge in [-0.05, 0) is 13.3 Å². The normalized spacial score (nSPS) is 20.1. The Balaban J connectivity index is 2.94. The maximum Gasteiger partial charge on any atom is 0.147 e. The molecule has 0 saturated heterocycles. The summed E-state index contributed by atoms with van der Waals surface area (Å²) in [7, 11) is 0. The number of carbonyl (C=O) groups is 3. The molecule has 0 amide bonds. The van der Waals surface area contributed by atoms with E-state index in [1.807, 2.05) is 6.92 Å². The molecule has 0 bridgehead atoms. The summed E-state index contributed by atoms with van der Waals surface area (Å²) in [6, 6.07) is 0. The molecule has 0 spiro atoms.